The van der Waals surface area contributed by atoms with E-state index in [4.69, 9.17) is 19.4 Å². The average molecular weight is 780 g/mol. The fraction of sp³-hybridized carbons (Fsp3) is 0. The third kappa shape index (κ3) is 6.86. The van der Waals surface area contributed by atoms with Crippen molar-refractivity contribution in [2.24, 2.45) is 0 Å². The number of rotatable bonds is 8. The maximum absolute atomic E-state index is 6.71. The summed E-state index contributed by atoms with van der Waals surface area (Å²) in [5.74, 6) is 1.77. The number of fused-ring (bicyclic) bond motifs is 3. The van der Waals surface area contributed by atoms with Crippen molar-refractivity contribution in [1.82, 2.24) is 15.0 Å². The molecule has 11 rings (SSSR count). The Labute approximate surface area is 354 Å². The minimum Gasteiger partial charge on any atom is -0.456 e. The average Bonchev–Trinajstić information content (AvgIpc) is 3.73. The Bertz CT molecular complexity index is 3320. The van der Waals surface area contributed by atoms with Crippen LogP contribution in [0.25, 0.3) is 112 Å². The molecule has 2 heterocycles. The molecular formula is C57H37N3O. The Hall–Kier alpha value is -8.21. The molecule has 0 aliphatic heterocycles. The third-order valence-electron chi connectivity index (χ3n) is 11.4. The molecule has 0 unspecified atom stereocenters. The topological polar surface area (TPSA) is 51.8 Å². The zero-order valence-corrected chi connectivity index (χ0v) is 33.1. The summed E-state index contributed by atoms with van der Waals surface area (Å²) >= 11 is 0. The van der Waals surface area contributed by atoms with Crippen molar-refractivity contribution in [2.45, 2.75) is 0 Å². The molecule has 0 spiro atoms. The Morgan fingerprint density at radius 1 is 0.246 bits per heavy atom. The van der Waals surface area contributed by atoms with Gasteiger partial charge in [-0.15, -0.1) is 0 Å². The van der Waals surface area contributed by atoms with Gasteiger partial charge in [-0.05, 0) is 79.9 Å². The first-order valence-electron chi connectivity index (χ1n) is 20.5. The van der Waals surface area contributed by atoms with Crippen LogP contribution in [0.4, 0.5) is 0 Å². The highest BCUT2D eigenvalue weighted by Crippen LogP contribution is 2.43. The molecule has 11 aromatic rings. The number of nitrogens with zero attached hydrogens (tertiary/aromatic N) is 3. The quantitative estimate of drug-likeness (QED) is 0.154. The minimum atomic E-state index is 0.570. The highest BCUT2D eigenvalue weighted by Gasteiger charge is 2.20. The molecule has 0 atom stereocenters. The molecule has 2 aromatic heterocycles. The number of aromatic nitrogens is 3. The first-order chi connectivity index (χ1) is 30.2. The second kappa shape index (κ2) is 15.5. The molecule has 286 valence electrons. The molecule has 0 fully saturated rings. The molecule has 0 N–H and O–H groups in total. The summed E-state index contributed by atoms with van der Waals surface area (Å²) in [6, 6.07) is 78.1. The largest absolute Gasteiger partial charge is 0.456 e. The van der Waals surface area contributed by atoms with Gasteiger partial charge in [0.15, 0.2) is 17.5 Å². The van der Waals surface area contributed by atoms with E-state index in [0.29, 0.717) is 17.5 Å². The molecular weight excluding hydrogens is 743 g/mol. The van der Waals surface area contributed by atoms with Crippen molar-refractivity contribution in [2.75, 3.05) is 0 Å². The lowest BCUT2D eigenvalue weighted by atomic mass is 9.89. The Kier molecular flexibility index (Phi) is 9.14. The highest BCUT2D eigenvalue weighted by atomic mass is 16.3. The second-order valence-corrected chi connectivity index (χ2v) is 15.1. The Morgan fingerprint density at radius 2 is 0.721 bits per heavy atom. The molecule has 0 radical (unpaired) electrons. The van der Waals surface area contributed by atoms with Gasteiger partial charge in [0.1, 0.15) is 11.2 Å². The van der Waals surface area contributed by atoms with Gasteiger partial charge in [0.2, 0.25) is 0 Å². The van der Waals surface area contributed by atoms with Gasteiger partial charge in [-0.1, -0.05) is 200 Å². The normalized spacial score (nSPS) is 11.3. The van der Waals surface area contributed by atoms with Gasteiger partial charge in [0.25, 0.3) is 0 Å². The molecule has 61 heavy (non-hydrogen) atoms. The van der Waals surface area contributed by atoms with E-state index in [1.165, 1.54) is 16.7 Å². The lowest BCUT2D eigenvalue weighted by molar-refractivity contribution is 0.669. The SMILES string of the molecule is c1ccc(-c2ccc(-c3nc(-c4ccc5c(c4)oc4cccc(-c6ccc(-c7ccccc7)cc6-c6ccccc6)c45)nc(-c4ccccc4-c4ccccc4)n3)cc2)cc1. The third-order valence-corrected chi connectivity index (χ3v) is 11.4. The first kappa shape index (κ1) is 35.9. The maximum atomic E-state index is 6.71. The molecule has 0 bridgehead atoms. The van der Waals surface area contributed by atoms with E-state index in [1.807, 2.05) is 18.2 Å². The van der Waals surface area contributed by atoms with Crippen LogP contribution >= 0.6 is 0 Å². The molecule has 0 saturated carbocycles. The van der Waals surface area contributed by atoms with Crippen LogP contribution in [0.1, 0.15) is 0 Å². The summed E-state index contributed by atoms with van der Waals surface area (Å²) in [7, 11) is 0. The fourth-order valence-corrected chi connectivity index (χ4v) is 8.38. The molecule has 4 nitrogen and oxygen atoms in total. The molecule has 4 heteroatoms. The van der Waals surface area contributed by atoms with Crippen molar-refractivity contribution < 1.29 is 4.42 Å². The van der Waals surface area contributed by atoms with Crippen LogP contribution < -0.4 is 0 Å². The Morgan fingerprint density at radius 3 is 1.39 bits per heavy atom. The molecule has 0 aliphatic carbocycles. The zero-order chi connectivity index (χ0) is 40.5. The summed E-state index contributed by atoms with van der Waals surface area (Å²) in [6.45, 7) is 0. The van der Waals surface area contributed by atoms with Gasteiger partial charge < -0.3 is 4.42 Å². The minimum absolute atomic E-state index is 0.570. The molecule has 9 aromatic carbocycles. The van der Waals surface area contributed by atoms with Gasteiger partial charge in [-0.2, -0.15) is 0 Å². The van der Waals surface area contributed by atoms with Gasteiger partial charge in [-0.3, -0.25) is 0 Å². The van der Waals surface area contributed by atoms with E-state index in [1.54, 1.807) is 0 Å². The lowest BCUT2D eigenvalue weighted by Crippen LogP contribution is -2.01. The smallest absolute Gasteiger partial charge is 0.164 e. The van der Waals surface area contributed by atoms with Gasteiger partial charge >= 0.3 is 0 Å². The first-order valence-corrected chi connectivity index (χ1v) is 20.5. The van der Waals surface area contributed by atoms with Gasteiger partial charge in [0.05, 0.1) is 0 Å². The number of furan rings is 1. The molecule has 0 aliphatic rings. The van der Waals surface area contributed by atoms with Crippen molar-refractivity contribution in [1.29, 1.82) is 0 Å². The van der Waals surface area contributed by atoms with Crippen LogP contribution in [0.3, 0.4) is 0 Å². The van der Waals surface area contributed by atoms with Gasteiger partial charge in [-0.25, -0.2) is 15.0 Å². The summed E-state index contributed by atoms with van der Waals surface area (Å²) in [4.78, 5) is 15.5. The number of hydrogen-bond donors (Lipinski definition) is 0. The van der Waals surface area contributed by atoms with E-state index in [-0.39, 0.29) is 0 Å². The van der Waals surface area contributed by atoms with Crippen LogP contribution in [0.15, 0.2) is 229 Å². The van der Waals surface area contributed by atoms with E-state index in [9.17, 15) is 0 Å². The fourth-order valence-electron chi connectivity index (χ4n) is 8.38. The predicted octanol–water partition coefficient (Wildman–Crippen LogP) is 15.1. The summed E-state index contributed by atoms with van der Waals surface area (Å²) in [6.07, 6.45) is 0. The van der Waals surface area contributed by atoms with Crippen molar-refractivity contribution in [3.63, 3.8) is 0 Å². The highest BCUT2D eigenvalue weighted by molar-refractivity contribution is 6.14. The van der Waals surface area contributed by atoms with Crippen molar-refractivity contribution in [3.8, 4) is 89.8 Å². The summed E-state index contributed by atoms with van der Waals surface area (Å²) in [5.41, 5.74) is 15.6. The van der Waals surface area contributed by atoms with Crippen LogP contribution in [-0.4, -0.2) is 15.0 Å². The Balaban J connectivity index is 1.06. The lowest BCUT2D eigenvalue weighted by Gasteiger charge is -2.14. The van der Waals surface area contributed by atoms with Crippen LogP contribution in [0, 0.1) is 0 Å². The van der Waals surface area contributed by atoms with Crippen molar-refractivity contribution >= 4 is 21.9 Å². The van der Waals surface area contributed by atoms with Crippen LogP contribution in [0.2, 0.25) is 0 Å². The van der Waals surface area contributed by atoms with E-state index in [2.05, 4.69) is 206 Å². The second-order valence-electron chi connectivity index (χ2n) is 15.1. The summed E-state index contributed by atoms with van der Waals surface area (Å²) < 4.78 is 6.71. The monoisotopic (exact) mass is 779 g/mol. The summed E-state index contributed by atoms with van der Waals surface area (Å²) in [5, 5.41) is 2.10. The zero-order valence-electron chi connectivity index (χ0n) is 33.1. The van der Waals surface area contributed by atoms with Gasteiger partial charge in [0, 0.05) is 27.5 Å². The van der Waals surface area contributed by atoms with E-state index in [0.717, 1.165) is 77.6 Å². The molecule has 0 saturated heterocycles. The van der Waals surface area contributed by atoms with Crippen LogP contribution in [0.5, 0.6) is 0 Å². The standard InChI is InChI=1S/C57H37N3O/c1-5-16-38(17-6-1)40-28-30-43(31-29-40)55-58-56(60-57(59-55)49-25-14-13-24-46(49)41-20-9-3-10-21-41)45-33-35-50-53(37-45)61-52-27-15-26-48(54(50)52)47-34-32-44(39-18-7-2-8-19-39)36-51(47)42-22-11-4-12-23-42/h1-37H. The van der Waals surface area contributed by atoms with Crippen LogP contribution in [-0.2, 0) is 0 Å². The van der Waals surface area contributed by atoms with E-state index < -0.39 is 0 Å². The van der Waals surface area contributed by atoms with E-state index >= 15 is 0 Å². The van der Waals surface area contributed by atoms with Crippen molar-refractivity contribution in [3.05, 3.63) is 224 Å². The number of benzene rings is 9. The number of hydrogen-bond acceptors (Lipinski definition) is 4. The maximum Gasteiger partial charge on any atom is 0.164 e. The predicted molar refractivity (Wildman–Crippen MR) is 251 cm³/mol. The molecule has 0 amide bonds.